The van der Waals surface area contributed by atoms with Crippen molar-refractivity contribution in [1.29, 1.82) is 0 Å². The minimum Gasteiger partial charge on any atom is -0.428 e. The Balaban J connectivity index is 0. The fourth-order valence-corrected chi connectivity index (χ4v) is 8.44. The van der Waals surface area contributed by atoms with Gasteiger partial charge in [-0.2, -0.15) is 12.6 Å². The lowest BCUT2D eigenvalue weighted by Crippen LogP contribution is -2.46. The van der Waals surface area contributed by atoms with Gasteiger partial charge in [-0.25, -0.2) is 0 Å². The highest BCUT2D eigenvalue weighted by atomic mass is 32.1. The number of ketones is 2. The fraction of sp³-hybridized carbons (Fsp3) is 0.849. The largest absolute Gasteiger partial charge is 0.428 e. The predicted octanol–water partition coefficient (Wildman–Crippen LogP) is 16.2. The second kappa shape index (κ2) is 30.9. The first kappa shape index (κ1) is 59.0. The highest BCUT2D eigenvalue weighted by Crippen LogP contribution is 2.40. The van der Waals surface area contributed by atoms with Crippen LogP contribution >= 0.6 is 12.6 Å². The van der Waals surface area contributed by atoms with E-state index in [1.54, 1.807) is 0 Å². The van der Waals surface area contributed by atoms with Crippen LogP contribution in [0, 0.1) is 36.0 Å². The summed E-state index contributed by atoms with van der Waals surface area (Å²) in [5.41, 5.74) is 2.53. The zero-order valence-corrected chi connectivity index (χ0v) is 43.1. The van der Waals surface area contributed by atoms with Crippen molar-refractivity contribution in [2.75, 3.05) is 0 Å². The summed E-state index contributed by atoms with van der Waals surface area (Å²) >= 11 is 4.66. The van der Waals surface area contributed by atoms with E-state index in [-0.39, 0.29) is 27.4 Å². The van der Waals surface area contributed by atoms with Crippen molar-refractivity contribution in [2.45, 2.75) is 262 Å². The van der Waals surface area contributed by atoms with Crippen LogP contribution in [-0.2, 0) is 19.7 Å². The van der Waals surface area contributed by atoms with Gasteiger partial charge in [0.05, 0.1) is 11.0 Å². The molecule has 0 saturated heterocycles. The molecule has 0 heterocycles. The van der Waals surface area contributed by atoms with Gasteiger partial charge in [0.15, 0.2) is 0 Å². The van der Waals surface area contributed by atoms with Gasteiger partial charge in [0.25, 0.3) is 0 Å². The van der Waals surface area contributed by atoms with Crippen LogP contribution in [-0.4, -0.2) is 29.4 Å². The van der Waals surface area contributed by atoms with E-state index in [1.807, 2.05) is 35.2 Å². The van der Waals surface area contributed by atoms with Crippen molar-refractivity contribution >= 4 is 37.1 Å². The molecule has 0 amide bonds. The van der Waals surface area contributed by atoms with Crippen LogP contribution in [0.5, 0.6) is 0 Å². The second-order valence-electron chi connectivity index (χ2n) is 19.8. The van der Waals surface area contributed by atoms with Crippen LogP contribution in [0.2, 0.25) is 0 Å². The molecule has 2 rings (SSSR count). The maximum absolute atomic E-state index is 13.3. The Morgan fingerprint density at radius 1 is 0.724 bits per heavy atom. The average Bonchev–Trinajstić information content (AvgIpc) is 3.15. The molecule has 1 radical (unpaired) electrons. The zero-order chi connectivity index (χ0) is 45.2. The van der Waals surface area contributed by atoms with Crippen molar-refractivity contribution in [3.05, 3.63) is 29.3 Å². The summed E-state index contributed by atoms with van der Waals surface area (Å²) in [7, 11) is 1.82. The Morgan fingerprint density at radius 2 is 1.22 bits per heavy atom. The summed E-state index contributed by atoms with van der Waals surface area (Å²) in [4.78, 5) is 25.7. The first-order valence-corrected chi connectivity index (χ1v) is 25.0. The molecule has 1 saturated carbocycles. The highest BCUT2D eigenvalue weighted by molar-refractivity contribution is 7.81. The Labute approximate surface area is 370 Å². The normalized spacial score (nSPS) is 17.0. The van der Waals surface area contributed by atoms with Crippen LogP contribution < -0.4 is 5.46 Å². The predicted molar refractivity (Wildman–Crippen MR) is 264 cm³/mol. The van der Waals surface area contributed by atoms with Gasteiger partial charge in [0.1, 0.15) is 11.6 Å². The lowest BCUT2D eigenvalue weighted by Gasteiger charge is -2.38. The van der Waals surface area contributed by atoms with E-state index in [9.17, 15) is 9.59 Å². The van der Waals surface area contributed by atoms with Gasteiger partial charge in [-0.1, -0.05) is 191 Å². The number of benzene rings is 1. The van der Waals surface area contributed by atoms with Crippen LogP contribution in [0.3, 0.4) is 0 Å². The number of thiol groups is 1. The molecule has 0 aromatic heterocycles. The first-order chi connectivity index (χ1) is 27.1. The third-order valence-corrected chi connectivity index (χ3v) is 13.7. The Kier molecular flexibility index (Phi) is 31.4. The molecule has 0 bridgehead atoms. The Hall–Kier alpha value is -1.07. The van der Waals surface area contributed by atoms with Crippen molar-refractivity contribution in [1.82, 2.24) is 0 Å². The first-order valence-electron chi connectivity index (χ1n) is 24.5. The summed E-state index contributed by atoms with van der Waals surface area (Å²) in [6.45, 7) is 38.6. The van der Waals surface area contributed by atoms with E-state index in [1.165, 1.54) is 76.2 Å². The Bertz CT molecular complexity index is 1200. The molecule has 1 aliphatic rings. The van der Waals surface area contributed by atoms with E-state index < -0.39 is 5.60 Å². The number of hydrogen-bond donors (Lipinski definition) is 1. The molecular formula is C53H100BO3S. The number of carbonyl (C=O) groups is 2. The number of unbranched alkanes of at least 4 members (excludes halogenated alkanes) is 6. The molecule has 3 nitrogen and oxygen atoms in total. The van der Waals surface area contributed by atoms with Crippen LogP contribution in [0.25, 0.3) is 0 Å². The summed E-state index contributed by atoms with van der Waals surface area (Å²) in [6, 6.07) is 6.37. The topological polar surface area (TPSA) is 43.4 Å². The number of hydrogen-bond acceptors (Lipinski definition) is 4. The van der Waals surface area contributed by atoms with E-state index >= 15 is 0 Å². The van der Waals surface area contributed by atoms with Gasteiger partial charge in [-0.3, -0.25) is 9.59 Å². The molecule has 2 atom stereocenters. The van der Waals surface area contributed by atoms with Crippen molar-refractivity contribution in [2.24, 2.45) is 29.1 Å². The Morgan fingerprint density at radius 3 is 1.59 bits per heavy atom. The molecule has 2 unspecified atom stereocenters. The second-order valence-corrected chi connectivity index (χ2v) is 21.0. The van der Waals surface area contributed by atoms with Crippen molar-refractivity contribution in [3.63, 3.8) is 0 Å². The molecule has 0 N–H and O–H groups in total. The van der Waals surface area contributed by atoms with Gasteiger partial charge in [-0.05, 0) is 103 Å². The average molecular weight is 828 g/mol. The maximum Gasteiger partial charge on any atom is 0.330 e. The van der Waals surface area contributed by atoms with E-state index in [4.69, 9.17) is 4.65 Å². The molecule has 339 valence electrons. The minimum atomic E-state index is -0.398. The minimum absolute atomic E-state index is 0.0329. The number of Topliss-reactive ketones (excluding diaryl/α,β-unsaturated/α-hetero) is 2. The SMILES string of the molecule is CCC1CC(C)C1.CCCC(CCC)(C(=O)C(C)C)c1ccc([B]OC(C)(C)C(C)(C)S)cc1C.CCCCCC(C)(CCC)C(=O)C(C)CC.CCCCCCC. The monoisotopic (exact) mass is 828 g/mol. The summed E-state index contributed by atoms with van der Waals surface area (Å²) in [5.74, 6) is 3.27. The summed E-state index contributed by atoms with van der Waals surface area (Å²) in [5, 5.41) is 0. The van der Waals surface area contributed by atoms with Gasteiger partial charge in [-0.15, -0.1) is 0 Å². The maximum atomic E-state index is 13.3. The highest BCUT2D eigenvalue weighted by Gasteiger charge is 2.41. The standard InChI is InChI=1S/C24H40BO2S.C15H30O.C7H14.C7H16/c1-10-14-24(15-11-2,21(26)17(3)4)20-13-12-19(16-18(20)5)25-27-22(6,7)23(8,9)28;1-6-9-10-12-15(5,11-7-2)14(16)13(4)8-3;1-3-7-4-6(2)5-7;1-3-5-7-6-4-2/h12-13,16-17,28H,10-11,14-15H2,1-9H3;13H,6-12H2,1-5H3;6-7H,3-5H2,1-2H3;3-7H2,1-2H3. The van der Waals surface area contributed by atoms with Gasteiger partial charge in [0.2, 0.25) is 0 Å². The molecular weight excluding hydrogens is 727 g/mol. The summed E-state index contributed by atoms with van der Waals surface area (Å²) < 4.78 is 5.81. The lowest BCUT2D eigenvalue weighted by atomic mass is 9.66. The van der Waals surface area contributed by atoms with Crippen LogP contribution in [0.15, 0.2) is 18.2 Å². The van der Waals surface area contributed by atoms with E-state index in [0.717, 1.165) is 74.2 Å². The summed E-state index contributed by atoms with van der Waals surface area (Å²) in [6.07, 6.45) is 23.1. The molecule has 0 aliphatic heterocycles. The van der Waals surface area contributed by atoms with Crippen LogP contribution in [0.4, 0.5) is 0 Å². The van der Waals surface area contributed by atoms with Gasteiger partial charge in [0, 0.05) is 22.0 Å². The molecule has 5 heteroatoms. The molecule has 1 aromatic rings. The molecule has 58 heavy (non-hydrogen) atoms. The third-order valence-electron chi connectivity index (χ3n) is 13.1. The fourth-order valence-electron chi connectivity index (χ4n) is 8.38. The van der Waals surface area contributed by atoms with E-state index in [2.05, 4.69) is 128 Å². The smallest absolute Gasteiger partial charge is 0.330 e. The van der Waals surface area contributed by atoms with E-state index in [0.29, 0.717) is 11.6 Å². The third kappa shape index (κ3) is 21.1. The molecule has 1 aliphatic carbocycles. The molecule has 1 fully saturated rings. The zero-order valence-electron chi connectivity index (χ0n) is 42.2. The number of rotatable bonds is 25. The van der Waals surface area contributed by atoms with Gasteiger partial charge >= 0.3 is 7.48 Å². The quantitative estimate of drug-likeness (QED) is 0.0607. The van der Waals surface area contributed by atoms with Crippen molar-refractivity contribution in [3.8, 4) is 0 Å². The molecule has 1 aromatic carbocycles. The number of carbonyl (C=O) groups excluding carboxylic acids is 2. The van der Waals surface area contributed by atoms with Gasteiger partial charge < -0.3 is 4.65 Å². The number of aryl methyl sites for hydroxylation is 1. The molecule has 0 spiro atoms. The van der Waals surface area contributed by atoms with Crippen LogP contribution in [0.1, 0.15) is 251 Å². The lowest BCUT2D eigenvalue weighted by molar-refractivity contribution is -0.132. The van der Waals surface area contributed by atoms with Crippen molar-refractivity contribution < 1.29 is 14.2 Å².